The van der Waals surface area contributed by atoms with E-state index in [2.05, 4.69) is 9.84 Å². The maximum atomic E-state index is 13.6. The number of alkyl halides is 5. The number of hydrogen-bond donors (Lipinski definition) is 0. The predicted octanol–water partition coefficient (Wildman–Crippen LogP) is 5.15. The molecule has 164 valence electrons. The molecule has 0 spiro atoms. The van der Waals surface area contributed by atoms with Crippen molar-refractivity contribution in [3.63, 3.8) is 0 Å². The van der Waals surface area contributed by atoms with Crippen molar-refractivity contribution in [2.45, 2.75) is 25.8 Å². The van der Waals surface area contributed by atoms with E-state index < -0.39 is 30.0 Å². The molecule has 0 N–H and O–H groups in total. The lowest BCUT2D eigenvalue weighted by Crippen LogP contribution is -2.33. The van der Waals surface area contributed by atoms with E-state index in [0.717, 1.165) is 10.7 Å². The van der Waals surface area contributed by atoms with Crippen LogP contribution < -0.4 is 15.0 Å². The van der Waals surface area contributed by atoms with Crippen LogP contribution in [-0.4, -0.2) is 23.5 Å². The first-order valence-electron chi connectivity index (χ1n) is 9.01. The Balaban J connectivity index is 2.18. The minimum atomic E-state index is -4.92. The van der Waals surface area contributed by atoms with Gasteiger partial charge in [0.1, 0.15) is 5.56 Å². The number of aromatic nitrogens is 2. The summed E-state index contributed by atoms with van der Waals surface area (Å²) in [6.07, 6.45) is -4.92. The van der Waals surface area contributed by atoms with Gasteiger partial charge in [-0.3, -0.25) is 4.79 Å². The van der Waals surface area contributed by atoms with Gasteiger partial charge in [-0.15, -0.1) is 0 Å². The second kappa shape index (κ2) is 8.75. The standard InChI is InChI=1S/C21H17F5N2O3/c1-12(13-6-4-3-5-7-13)28-19(29)15(21(24,25)26)11-16(27-28)14-8-9-17(31-20(22)23)18(10-14)30-2/h3-12,20H,1-2H3. The Hall–Kier alpha value is -3.43. The smallest absolute Gasteiger partial charge is 0.421 e. The highest BCUT2D eigenvalue weighted by molar-refractivity contribution is 5.64. The Morgan fingerprint density at radius 1 is 1.00 bits per heavy atom. The fourth-order valence-electron chi connectivity index (χ4n) is 3.01. The van der Waals surface area contributed by atoms with Crippen LogP contribution in [-0.2, 0) is 6.18 Å². The van der Waals surface area contributed by atoms with Crippen molar-refractivity contribution in [3.8, 4) is 22.8 Å². The van der Waals surface area contributed by atoms with Gasteiger partial charge in [0.2, 0.25) is 0 Å². The van der Waals surface area contributed by atoms with E-state index in [4.69, 9.17) is 4.74 Å². The van der Waals surface area contributed by atoms with Crippen molar-refractivity contribution in [2.24, 2.45) is 0 Å². The molecule has 0 fully saturated rings. The Bertz CT molecular complexity index is 1110. The highest BCUT2D eigenvalue weighted by Gasteiger charge is 2.36. The summed E-state index contributed by atoms with van der Waals surface area (Å²) in [5, 5.41) is 4.12. The molecule has 1 unspecified atom stereocenters. The molecule has 3 rings (SSSR count). The molecule has 0 aliphatic rings. The molecule has 0 saturated heterocycles. The molecule has 1 aromatic heterocycles. The highest BCUT2D eigenvalue weighted by atomic mass is 19.4. The summed E-state index contributed by atoms with van der Waals surface area (Å²) in [6, 6.07) is 11.9. The summed E-state index contributed by atoms with van der Waals surface area (Å²) in [7, 11) is 1.20. The molecule has 1 atom stereocenters. The van der Waals surface area contributed by atoms with Crippen molar-refractivity contribution in [1.82, 2.24) is 9.78 Å². The largest absolute Gasteiger partial charge is 0.493 e. The van der Waals surface area contributed by atoms with E-state index in [1.54, 1.807) is 37.3 Å². The van der Waals surface area contributed by atoms with Gasteiger partial charge in [-0.1, -0.05) is 30.3 Å². The third kappa shape index (κ3) is 4.84. The molecule has 0 saturated carbocycles. The van der Waals surface area contributed by atoms with Crippen LogP contribution in [0, 0.1) is 0 Å². The van der Waals surface area contributed by atoms with Crippen molar-refractivity contribution >= 4 is 0 Å². The van der Waals surface area contributed by atoms with Gasteiger partial charge in [-0.25, -0.2) is 4.68 Å². The lowest BCUT2D eigenvalue weighted by molar-refractivity contribution is -0.139. The molecule has 2 aromatic carbocycles. The SMILES string of the molecule is COc1cc(-c2cc(C(F)(F)F)c(=O)n(C(C)c3ccccc3)n2)ccc1OC(F)F. The van der Waals surface area contributed by atoms with E-state index in [9.17, 15) is 26.7 Å². The molecule has 31 heavy (non-hydrogen) atoms. The quantitative estimate of drug-likeness (QED) is 0.498. The summed E-state index contributed by atoms with van der Waals surface area (Å²) in [4.78, 5) is 12.6. The highest BCUT2D eigenvalue weighted by Crippen LogP contribution is 2.35. The normalized spacial score (nSPS) is 12.6. The van der Waals surface area contributed by atoms with Gasteiger partial charge in [0.05, 0.1) is 18.8 Å². The van der Waals surface area contributed by atoms with Gasteiger partial charge >= 0.3 is 12.8 Å². The zero-order valence-electron chi connectivity index (χ0n) is 16.4. The average Bonchev–Trinajstić information content (AvgIpc) is 2.73. The molecular formula is C21H17F5N2O3. The number of benzene rings is 2. The van der Waals surface area contributed by atoms with Crippen LogP contribution in [0.15, 0.2) is 59.4 Å². The maximum absolute atomic E-state index is 13.6. The lowest BCUT2D eigenvalue weighted by Gasteiger charge is -2.18. The minimum absolute atomic E-state index is 0.123. The first kappa shape index (κ1) is 22.3. The second-order valence-electron chi connectivity index (χ2n) is 6.52. The van der Waals surface area contributed by atoms with Crippen molar-refractivity contribution < 1.29 is 31.4 Å². The Morgan fingerprint density at radius 2 is 1.68 bits per heavy atom. The van der Waals surface area contributed by atoms with E-state index >= 15 is 0 Å². The third-order valence-electron chi connectivity index (χ3n) is 4.56. The Kier molecular flexibility index (Phi) is 6.28. The monoisotopic (exact) mass is 440 g/mol. The van der Waals surface area contributed by atoms with E-state index in [1.165, 1.54) is 19.2 Å². The molecule has 0 bridgehead atoms. The molecule has 0 aliphatic heterocycles. The number of ether oxygens (including phenoxy) is 2. The maximum Gasteiger partial charge on any atom is 0.421 e. The van der Waals surface area contributed by atoms with Crippen molar-refractivity contribution in [3.05, 3.63) is 76.1 Å². The van der Waals surface area contributed by atoms with Crippen LogP contribution in [0.3, 0.4) is 0 Å². The summed E-state index contributed by atoms with van der Waals surface area (Å²) in [5.74, 6) is -0.412. The molecule has 0 radical (unpaired) electrons. The minimum Gasteiger partial charge on any atom is -0.493 e. The summed E-state index contributed by atoms with van der Waals surface area (Å²) in [5.41, 5.74) is -2.17. The van der Waals surface area contributed by atoms with Crippen LogP contribution in [0.25, 0.3) is 11.3 Å². The molecular weight excluding hydrogens is 423 g/mol. The fraction of sp³-hybridized carbons (Fsp3) is 0.238. The zero-order valence-corrected chi connectivity index (χ0v) is 16.4. The van der Waals surface area contributed by atoms with E-state index in [-0.39, 0.29) is 22.8 Å². The van der Waals surface area contributed by atoms with E-state index in [1.807, 2.05) is 0 Å². The molecule has 0 aliphatic carbocycles. The second-order valence-corrected chi connectivity index (χ2v) is 6.52. The predicted molar refractivity (Wildman–Crippen MR) is 102 cm³/mol. The van der Waals surface area contributed by atoms with Crippen molar-refractivity contribution in [2.75, 3.05) is 7.11 Å². The number of rotatable bonds is 6. The van der Waals surface area contributed by atoms with Crippen molar-refractivity contribution in [1.29, 1.82) is 0 Å². The van der Waals surface area contributed by atoms with Gasteiger partial charge in [0.25, 0.3) is 5.56 Å². The lowest BCUT2D eigenvalue weighted by atomic mass is 10.1. The first-order chi connectivity index (χ1) is 14.6. The van der Waals surface area contributed by atoms with Crippen LogP contribution in [0.1, 0.15) is 24.1 Å². The average molecular weight is 440 g/mol. The van der Waals surface area contributed by atoms with Crippen LogP contribution in [0.5, 0.6) is 11.5 Å². The molecule has 5 nitrogen and oxygen atoms in total. The summed E-state index contributed by atoms with van der Waals surface area (Å²) in [6.45, 7) is -1.56. The Morgan fingerprint density at radius 3 is 2.26 bits per heavy atom. The van der Waals surface area contributed by atoms with Gasteiger partial charge in [0, 0.05) is 5.56 Å². The molecule has 3 aromatic rings. The summed E-state index contributed by atoms with van der Waals surface area (Å²) < 4.78 is 75.9. The fourth-order valence-corrected chi connectivity index (χ4v) is 3.01. The number of methoxy groups -OCH3 is 1. The van der Waals surface area contributed by atoms with Crippen LogP contribution in [0.2, 0.25) is 0 Å². The van der Waals surface area contributed by atoms with E-state index in [0.29, 0.717) is 11.6 Å². The number of nitrogens with zero attached hydrogens (tertiary/aromatic N) is 2. The zero-order chi connectivity index (χ0) is 22.8. The van der Waals surface area contributed by atoms with Crippen LogP contribution in [0.4, 0.5) is 22.0 Å². The topological polar surface area (TPSA) is 53.4 Å². The third-order valence-corrected chi connectivity index (χ3v) is 4.56. The molecule has 10 heteroatoms. The molecule has 1 heterocycles. The number of hydrogen-bond acceptors (Lipinski definition) is 4. The molecule has 0 amide bonds. The first-order valence-corrected chi connectivity index (χ1v) is 9.01. The number of halogens is 5. The van der Waals surface area contributed by atoms with Gasteiger partial charge in [-0.05, 0) is 36.8 Å². The van der Waals surface area contributed by atoms with Gasteiger partial charge in [0.15, 0.2) is 11.5 Å². The van der Waals surface area contributed by atoms with Crippen LogP contribution >= 0.6 is 0 Å². The van der Waals surface area contributed by atoms with Gasteiger partial charge < -0.3 is 9.47 Å². The Labute approximate surface area is 173 Å². The van der Waals surface area contributed by atoms with Gasteiger partial charge in [-0.2, -0.15) is 27.1 Å². The summed E-state index contributed by atoms with van der Waals surface area (Å²) >= 11 is 0.